The highest BCUT2D eigenvalue weighted by atomic mass is 127. The van der Waals surface area contributed by atoms with E-state index < -0.39 is 0 Å². The summed E-state index contributed by atoms with van der Waals surface area (Å²) in [6, 6.07) is 14.4. The molecule has 0 aliphatic heterocycles. The SMILES string of the molecule is CN=C(NCc1ccc(OCCOC)cc1)N(C)Cc1ccc(F)cc1.I. The van der Waals surface area contributed by atoms with Crippen molar-refractivity contribution in [3.05, 3.63) is 65.5 Å². The van der Waals surface area contributed by atoms with Crippen LogP contribution in [-0.2, 0) is 17.8 Å². The van der Waals surface area contributed by atoms with E-state index in [1.807, 2.05) is 36.2 Å². The molecule has 0 saturated heterocycles. The molecule has 1 N–H and O–H groups in total. The Bertz CT molecular complexity index is 693. The first-order valence-electron chi connectivity index (χ1n) is 8.49. The first-order valence-corrected chi connectivity index (χ1v) is 8.49. The van der Waals surface area contributed by atoms with Crippen LogP contribution in [-0.4, -0.2) is 45.3 Å². The van der Waals surface area contributed by atoms with E-state index in [1.165, 1.54) is 12.1 Å². The maximum atomic E-state index is 13.0. The lowest BCUT2D eigenvalue weighted by molar-refractivity contribution is 0.146. The molecule has 27 heavy (non-hydrogen) atoms. The van der Waals surface area contributed by atoms with E-state index in [4.69, 9.17) is 9.47 Å². The molecule has 5 nitrogen and oxygen atoms in total. The summed E-state index contributed by atoms with van der Waals surface area (Å²) < 4.78 is 23.5. The molecule has 0 aliphatic carbocycles. The summed E-state index contributed by atoms with van der Waals surface area (Å²) in [5.74, 6) is 1.37. The Labute approximate surface area is 177 Å². The standard InChI is InChI=1S/C20H26FN3O2.HI/c1-22-20(24(2)15-17-4-8-18(21)9-5-17)23-14-16-6-10-19(11-7-16)26-13-12-25-3;/h4-11H,12-15H2,1-3H3,(H,22,23);1H. The molecule has 0 heterocycles. The van der Waals surface area contributed by atoms with Crippen molar-refractivity contribution in [1.82, 2.24) is 10.2 Å². The molecule has 148 valence electrons. The number of hydrogen-bond donors (Lipinski definition) is 1. The van der Waals surface area contributed by atoms with Crippen LogP contribution < -0.4 is 10.1 Å². The number of nitrogens with one attached hydrogen (secondary N) is 1. The maximum Gasteiger partial charge on any atom is 0.193 e. The predicted octanol–water partition coefficient (Wildman–Crippen LogP) is 3.68. The van der Waals surface area contributed by atoms with Crippen molar-refractivity contribution in [2.75, 3.05) is 34.4 Å². The van der Waals surface area contributed by atoms with E-state index in [1.54, 1.807) is 26.3 Å². The average Bonchev–Trinajstić information content (AvgIpc) is 2.65. The number of rotatable bonds is 8. The third kappa shape index (κ3) is 8.13. The minimum Gasteiger partial charge on any atom is -0.491 e. The van der Waals surface area contributed by atoms with Gasteiger partial charge in [0.15, 0.2) is 5.96 Å². The number of ether oxygens (including phenoxy) is 2. The number of halogens is 2. The smallest absolute Gasteiger partial charge is 0.193 e. The summed E-state index contributed by atoms with van der Waals surface area (Å²) in [6.45, 7) is 2.40. The summed E-state index contributed by atoms with van der Waals surface area (Å²) in [5.41, 5.74) is 2.15. The number of nitrogens with zero attached hydrogens (tertiary/aromatic N) is 2. The molecule has 0 radical (unpaired) electrons. The highest BCUT2D eigenvalue weighted by Gasteiger charge is 2.07. The van der Waals surface area contributed by atoms with Gasteiger partial charge in [0.25, 0.3) is 0 Å². The molecule has 0 unspecified atom stereocenters. The fourth-order valence-electron chi connectivity index (χ4n) is 2.45. The van der Waals surface area contributed by atoms with Gasteiger partial charge in [0, 0.05) is 34.3 Å². The largest absolute Gasteiger partial charge is 0.491 e. The van der Waals surface area contributed by atoms with Crippen LogP contribution >= 0.6 is 24.0 Å². The molecule has 0 aliphatic rings. The third-order valence-electron chi connectivity index (χ3n) is 3.84. The molecule has 0 aromatic heterocycles. The number of benzene rings is 2. The van der Waals surface area contributed by atoms with Crippen LogP contribution in [0.1, 0.15) is 11.1 Å². The second-order valence-electron chi connectivity index (χ2n) is 5.87. The molecular formula is C20H27FIN3O2. The average molecular weight is 487 g/mol. The lowest BCUT2D eigenvalue weighted by Crippen LogP contribution is -2.38. The van der Waals surface area contributed by atoms with Gasteiger partial charge in [0.1, 0.15) is 18.2 Å². The van der Waals surface area contributed by atoms with Gasteiger partial charge in [0.05, 0.1) is 6.61 Å². The normalized spacial score (nSPS) is 10.9. The van der Waals surface area contributed by atoms with Gasteiger partial charge in [-0.15, -0.1) is 24.0 Å². The second kappa shape index (κ2) is 12.5. The Kier molecular flexibility index (Phi) is 10.7. The van der Waals surface area contributed by atoms with Crippen LogP contribution in [0, 0.1) is 5.82 Å². The Morgan fingerprint density at radius 2 is 1.67 bits per heavy atom. The minimum absolute atomic E-state index is 0. The monoisotopic (exact) mass is 487 g/mol. The molecule has 0 saturated carbocycles. The predicted molar refractivity (Wildman–Crippen MR) is 117 cm³/mol. The molecule has 0 fully saturated rings. The molecule has 0 atom stereocenters. The van der Waals surface area contributed by atoms with Gasteiger partial charge < -0.3 is 19.7 Å². The van der Waals surface area contributed by atoms with Crippen molar-refractivity contribution in [3.63, 3.8) is 0 Å². The molecular weight excluding hydrogens is 460 g/mol. The first kappa shape index (κ1) is 23.2. The summed E-state index contributed by atoms with van der Waals surface area (Å²) >= 11 is 0. The number of aliphatic imine (C=N–C) groups is 1. The molecule has 0 bridgehead atoms. The summed E-state index contributed by atoms with van der Waals surface area (Å²) in [5, 5.41) is 3.33. The number of guanidine groups is 1. The first-order chi connectivity index (χ1) is 12.6. The van der Waals surface area contributed by atoms with Crippen molar-refractivity contribution >= 4 is 29.9 Å². The molecule has 7 heteroatoms. The maximum absolute atomic E-state index is 13.0. The Morgan fingerprint density at radius 3 is 2.26 bits per heavy atom. The van der Waals surface area contributed by atoms with Crippen LogP contribution in [0.15, 0.2) is 53.5 Å². The van der Waals surface area contributed by atoms with Gasteiger partial charge in [-0.1, -0.05) is 24.3 Å². The highest BCUT2D eigenvalue weighted by Crippen LogP contribution is 2.12. The van der Waals surface area contributed by atoms with E-state index in [0.717, 1.165) is 22.8 Å². The van der Waals surface area contributed by atoms with Crippen LogP contribution in [0.25, 0.3) is 0 Å². The van der Waals surface area contributed by atoms with Crippen molar-refractivity contribution in [3.8, 4) is 5.75 Å². The number of hydrogen-bond acceptors (Lipinski definition) is 3. The molecule has 2 rings (SSSR count). The highest BCUT2D eigenvalue weighted by molar-refractivity contribution is 14.0. The molecule has 0 spiro atoms. The Hall–Kier alpha value is -1.87. The van der Waals surface area contributed by atoms with Crippen LogP contribution in [0.4, 0.5) is 4.39 Å². The fraction of sp³-hybridized carbons (Fsp3) is 0.350. The van der Waals surface area contributed by atoms with E-state index in [0.29, 0.717) is 26.3 Å². The minimum atomic E-state index is -0.228. The van der Waals surface area contributed by atoms with Gasteiger partial charge in [-0.05, 0) is 35.4 Å². The van der Waals surface area contributed by atoms with Gasteiger partial charge in [0.2, 0.25) is 0 Å². The Morgan fingerprint density at radius 1 is 1.04 bits per heavy atom. The number of methoxy groups -OCH3 is 1. The molecule has 2 aromatic rings. The Balaban J connectivity index is 0.00000364. The van der Waals surface area contributed by atoms with E-state index >= 15 is 0 Å². The zero-order valence-electron chi connectivity index (χ0n) is 15.9. The summed E-state index contributed by atoms with van der Waals surface area (Å²) in [7, 11) is 5.35. The van der Waals surface area contributed by atoms with E-state index in [-0.39, 0.29) is 29.8 Å². The van der Waals surface area contributed by atoms with Crippen LogP contribution in [0.5, 0.6) is 5.75 Å². The van der Waals surface area contributed by atoms with Crippen molar-refractivity contribution in [2.24, 2.45) is 4.99 Å². The quantitative estimate of drug-likeness (QED) is 0.267. The summed E-state index contributed by atoms with van der Waals surface area (Å²) in [4.78, 5) is 6.30. The fourth-order valence-corrected chi connectivity index (χ4v) is 2.45. The van der Waals surface area contributed by atoms with E-state index in [9.17, 15) is 4.39 Å². The van der Waals surface area contributed by atoms with Crippen LogP contribution in [0.2, 0.25) is 0 Å². The zero-order valence-corrected chi connectivity index (χ0v) is 18.3. The van der Waals surface area contributed by atoms with Gasteiger partial charge in [-0.25, -0.2) is 4.39 Å². The van der Waals surface area contributed by atoms with Gasteiger partial charge >= 0.3 is 0 Å². The van der Waals surface area contributed by atoms with Crippen molar-refractivity contribution in [1.29, 1.82) is 0 Å². The van der Waals surface area contributed by atoms with Gasteiger partial charge in [-0.3, -0.25) is 4.99 Å². The van der Waals surface area contributed by atoms with Crippen molar-refractivity contribution in [2.45, 2.75) is 13.1 Å². The molecule has 0 amide bonds. The lowest BCUT2D eigenvalue weighted by atomic mass is 10.2. The van der Waals surface area contributed by atoms with Gasteiger partial charge in [-0.2, -0.15) is 0 Å². The topological polar surface area (TPSA) is 46.1 Å². The zero-order chi connectivity index (χ0) is 18.8. The van der Waals surface area contributed by atoms with Crippen LogP contribution in [0.3, 0.4) is 0 Å². The second-order valence-corrected chi connectivity index (χ2v) is 5.87. The third-order valence-corrected chi connectivity index (χ3v) is 3.84. The van der Waals surface area contributed by atoms with Crippen molar-refractivity contribution < 1.29 is 13.9 Å². The molecule has 2 aromatic carbocycles. The summed E-state index contributed by atoms with van der Waals surface area (Å²) in [6.07, 6.45) is 0. The van der Waals surface area contributed by atoms with E-state index in [2.05, 4.69) is 10.3 Å². The lowest BCUT2D eigenvalue weighted by Gasteiger charge is -2.22.